The average molecular weight is 339 g/mol. The lowest BCUT2D eigenvalue weighted by atomic mass is 9.97. The van der Waals surface area contributed by atoms with Crippen LogP contribution in [0.1, 0.15) is 17.5 Å². The molecule has 0 aromatic heterocycles. The van der Waals surface area contributed by atoms with E-state index in [4.69, 9.17) is 0 Å². The molecule has 2 aliphatic rings. The zero-order valence-corrected chi connectivity index (χ0v) is 14.2. The van der Waals surface area contributed by atoms with Crippen molar-refractivity contribution in [3.8, 4) is 0 Å². The number of hydrogen-bond acceptors (Lipinski definition) is 3. The second-order valence-electron chi connectivity index (χ2n) is 6.58. The topological polar surface area (TPSA) is 35.6 Å². The maximum atomic E-state index is 14.1. The highest BCUT2D eigenvalue weighted by Gasteiger charge is 2.28. The third-order valence-corrected chi connectivity index (χ3v) is 5.05. The predicted octanol–water partition coefficient (Wildman–Crippen LogP) is 2.71. The van der Waals surface area contributed by atoms with Gasteiger partial charge in [0.25, 0.3) is 0 Å². The van der Waals surface area contributed by atoms with E-state index in [0.29, 0.717) is 12.0 Å². The Bertz CT molecular complexity index is 786. The first kappa shape index (κ1) is 16.1. The quantitative estimate of drug-likeness (QED) is 0.934. The van der Waals surface area contributed by atoms with Crippen LogP contribution in [0.25, 0.3) is 0 Å². The first-order chi connectivity index (χ1) is 12.2. The second-order valence-corrected chi connectivity index (χ2v) is 6.58. The van der Waals surface area contributed by atoms with E-state index in [2.05, 4.69) is 16.3 Å². The molecule has 1 amide bonds. The molecule has 0 spiro atoms. The van der Waals surface area contributed by atoms with E-state index in [9.17, 15) is 9.18 Å². The lowest BCUT2D eigenvalue weighted by Gasteiger charge is -2.36. The molecule has 2 aliphatic heterocycles. The fourth-order valence-corrected chi connectivity index (χ4v) is 3.75. The molecule has 2 heterocycles. The minimum Gasteiger partial charge on any atom is -0.369 e. The number of piperazine rings is 1. The van der Waals surface area contributed by atoms with Gasteiger partial charge in [-0.15, -0.1) is 0 Å². The molecule has 0 bridgehead atoms. The summed E-state index contributed by atoms with van der Waals surface area (Å²) < 4.78 is 14.1. The number of rotatable bonds is 3. The van der Waals surface area contributed by atoms with E-state index < -0.39 is 0 Å². The molecule has 130 valence electrons. The van der Waals surface area contributed by atoms with Gasteiger partial charge in [-0.05, 0) is 30.2 Å². The highest BCUT2D eigenvalue weighted by molar-refractivity contribution is 5.97. The van der Waals surface area contributed by atoms with E-state index in [1.54, 1.807) is 17.0 Å². The van der Waals surface area contributed by atoms with Gasteiger partial charge in [-0.3, -0.25) is 4.79 Å². The van der Waals surface area contributed by atoms with Crippen molar-refractivity contribution in [2.24, 2.45) is 0 Å². The van der Waals surface area contributed by atoms with E-state index in [-0.39, 0.29) is 18.3 Å². The Morgan fingerprint density at radius 2 is 1.72 bits per heavy atom. The molecule has 2 aromatic carbocycles. The van der Waals surface area contributed by atoms with Crippen molar-refractivity contribution in [2.45, 2.75) is 19.4 Å². The molecule has 1 N–H and O–H groups in total. The van der Waals surface area contributed by atoms with E-state index in [1.807, 2.05) is 18.2 Å². The smallest absolute Gasteiger partial charge is 0.227 e. The summed E-state index contributed by atoms with van der Waals surface area (Å²) in [5.41, 5.74) is 3.90. The van der Waals surface area contributed by atoms with Gasteiger partial charge < -0.3 is 15.1 Å². The largest absolute Gasteiger partial charge is 0.369 e. The Morgan fingerprint density at radius 1 is 0.960 bits per heavy atom. The van der Waals surface area contributed by atoms with E-state index >= 15 is 0 Å². The first-order valence-electron chi connectivity index (χ1n) is 8.85. The van der Waals surface area contributed by atoms with Crippen LogP contribution in [0.5, 0.6) is 0 Å². The van der Waals surface area contributed by atoms with Gasteiger partial charge in [-0.2, -0.15) is 0 Å². The number of benzene rings is 2. The highest BCUT2D eigenvalue weighted by Crippen LogP contribution is 2.36. The zero-order valence-electron chi connectivity index (χ0n) is 14.2. The van der Waals surface area contributed by atoms with Crippen molar-refractivity contribution in [2.75, 3.05) is 36.0 Å². The third-order valence-electron chi connectivity index (χ3n) is 5.05. The monoisotopic (exact) mass is 339 g/mol. The van der Waals surface area contributed by atoms with Crippen LogP contribution in [0.2, 0.25) is 0 Å². The predicted molar refractivity (Wildman–Crippen MR) is 97.4 cm³/mol. The highest BCUT2D eigenvalue weighted by atomic mass is 19.1. The summed E-state index contributed by atoms with van der Waals surface area (Å²) in [5, 5.41) is 3.37. The minimum absolute atomic E-state index is 0.0632. The van der Waals surface area contributed by atoms with E-state index in [0.717, 1.165) is 38.3 Å². The van der Waals surface area contributed by atoms with Gasteiger partial charge in [0.2, 0.25) is 5.91 Å². The normalized spacial score (nSPS) is 17.6. The van der Waals surface area contributed by atoms with Crippen LogP contribution in [0, 0.1) is 5.82 Å². The van der Waals surface area contributed by atoms with Gasteiger partial charge in [-0.25, -0.2) is 4.39 Å². The Kier molecular flexibility index (Phi) is 4.40. The molecule has 0 aliphatic carbocycles. The maximum Gasteiger partial charge on any atom is 0.227 e. The zero-order chi connectivity index (χ0) is 17.2. The lowest BCUT2D eigenvalue weighted by Crippen LogP contribution is -2.44. The summed E-state index contributed by atoms with van der Waals surface area (Å²) in [6.45, 7) is 4.17. The molecule has 0 saturated carbocycles. The second kappa shape index (κ2) is 6.84. The Morgan fingerprint density at radius 3 is 2.52 bits per heavy atom. The number of carbonyl (C=O) groups is 1. The molecular weight excluding hydrogens is 317 g/mol. The first-order valence-corrected chi connectivity index (χ1v) is 8.85. The number of nitrogens with zero attached hydrogens (tertiary/aromatic N) is 2. The molecule has 1 saturated heterocycles. The number of amides is 1. The summed E-state index contributed by atoms with van der Waals surface area (Å²) in [6, 6.07) is 12.8. The van der Waals surface area contributed by atoms with Crippen molar-refractivity contribution in [3.63, 3.8) is 0 Å². The minimum atomic E-state index is -0.263. The van der Waals surface area contributed by atoms with Crippen molar-refractivity contribution in [3.05, 3.63) is 59.4 Å². The van der Waals surface area contributed by atoms with Gasteiger partial charge >= 0.3 is 0 Å². The van der Waals surface area contributed by atoms with Gasteiger partial charge in [0, 0.05) is 49.5 Å². The maximum absolute atomic E-state index is 14.1. The molecule has 5 heteroatoms. The average Bonchev–Trinajstić information content (AvgIpc) is 2.66. The molecular formula is C20H22FN3O. The summed E-state index contributed by atoms with van der Waals surface area (Å²) >= 11 is 0. The number of halogens is 1. The molecule has 25 heavy (non-hydrogen) atoms. The number of hydrogen-bond donors (Lipinski definition) is 1. The van der Waals surface area contributed by atoms with Crippen LogP contribution < -0.4 is 15.1 Å². The van der Waals surface area contributed by atoms with Crippen LogP contribution in [0.3, 0.4) is 0 Å². The van der Waals surface area contributed by atoms with Crippen molar-refractivity contribution >= 4 is 17.3 Å². The Labute approximate surface area is 147 Å². The molecule has 2 aromatic rings. The van der Waals surface area contributed by atoms with Gasteiger partial charge in [0.1, 0.15) is 5.82 Å². The Hall–Kier alpha value is -2.40. The van der Waals surface area contributed by atoms with Crippen molar-refractivity contribution in [1.29, 1.82) is 0 Å². The van der Waals surface area contributed by atoms with Gasteiger partial charge in [0.05, 0.1) is 6.54 Å². The lowest BCUT2D eigenvalue weighted by molar-refractivity contribution is -0.119. The van der Waals surface area contributed by atoms with Gasteiger partial charge in [0.15, 0.2) is 0 Å². The number of nitrogens with one attached hydrogen (secondary N) is 1. The number of carbonyl (C=O) groups excluding carboxylic acids is 1. The summed E-state index contributed by atoms with van der Waals surface area (Å²) in [7, 11) is 0. The van der Waals surface area contributed by atoms with Crippen molar-refractivity contribution in [1.82, 2.24) is 5.32 Å². The van der Waals surface area contributed by atoms with Crippen LogP contribution >= 0.6 is 0 Å². The van der Waals surface area contributed by atoms with Crippen LogP contribution in [-0.2, 0) is 17.8 Å². The molecule has 0 atom stereocenters. The van der Waals surface area contributed by atoms with Gasteiger partial charge in [-0.1, -0.05) is 24.3 Å². The number of fused-ring (bicyclic) bond motifs is 1. The van der Waals surface area contributed by atoms with Crippen LogP contribution in [-0.4, -0.2) is 32.1 Å². The van der Waals surface area contributed by atoms with E-state index in [1.165, 1.54) is 17.3 Å². The fourth-order valence-electron chi connectivity index (χ4n) is 3.75. The summed E-state index contributed by atoms with van der Waals surface area (Å²) in [6.07, 6.45) is 1.23. The van der Waals surface area contributed by atoms with Crippen LogP contribution in [0.4, 0.5) is 15.8 Å². The SMILES string of the molecule is O=C1CCc2c(N3CCNCC3)cccc2N1Cc1ccccc1F. The molecule has 0 radical (unpaired) electrons. The standard InChI is InChI=1S/C20H22FN3O/c21-17-5-2-1-4-15(17)14-24-19-7-3-6-18(16(19)8-9-20(24)25)23-12-10-22-11-13-23/h1-7,22H,8-14H2. The van der Waals surface area contributed by atoms with Crippen molar-refractivity contribution < 1.29 is 9.18 Å². The fraction of sp³-hybridized carbons (Fsp3) is 0.350. The van der Waals surface area contributed by atoms with Crippen LogP contribution in [0.15, 0.2) is 42.5 Å². The Balaban J connectivity index is 1.69. The third kappa shape index (κ3) is 3.12. The molecule has 1 fully saturated rings. The summed E-state index contributed by atoms with van der Waals surface area (Å²) in [5.74, 6) is -0.200. The molecule has 0 unspecified atom stereocenters. The molecule has 4 rings (SSSR count). The summed E-state index contributed by atoms with van der Waals surface area (Å²) in [4.78, 5) is 16.7. The number of anilines is 2. The molecule has 4 nitrogen and oxygen atoms in total.